The van der Waals surface area contributed by atoms with Crippen molar-refractivity contribution in [3.05, 3.63) is 74.9 Å². The van der Waals surface area contributed by atoms with Crippen molar-refractivity contribution in [1.29, 1.82) is 0 Å². The number of carbonyl (C=O) groups is 3. The fourth-order valence-electron chi connectivity index (χ4n) is 2.86. The van der Waals surface area contributed by atoms with E-state index in [4.69, 9.17) is 25.8 Å². The molecule has 0 atom stereocenters. The van der Waals surface area contributed by atoms with Gasteiger partial charge in [-0.2, -0.15) is 0 Å². The molecule has 0 saturated carbocycles. The van der Waals surface area contributed by atoms with Crippen LogP contribution in [0.4, 0.5) is 5.69 Å². The summed E-state index contributed by atoms with van der Waals surface area (Å²) in [6, 6.07) is 13.1. The van der Waals surface area contributed by atoms with Gasteiger partial charge in [-0.1, -0.05) is 23.7 Å². The van der Waals surface area contributed by atoms with Crippen LogP contribution in [0.15, 0.2) is 53.9 Å². The van der Waals surface area contributed by atoms with Gasteiger partial charge in [-0.05, 0) is 47.3 Å². The second-order valence-corrected chi connectivity index (χ2v) is 8.02. The van der Waals surface area contributed by atoms with E-state index < -0.39 is 18.5 Å². The van der Waals surface area contributed by atoms with E-state index in [1.807, 2.05) is 0 Å². The van der Waals surface area contributed by atoms with Crippen LogP contribution < -0.4 is 20.1 Å². The van der Waals surface area contributed by atoms with Gasteiger partial charge < -0.3 is 24.8 Å². The molecule has 0 bridgehead atoms. The van der Waals surface area contributed by atoms with Gasteiger partial charge in [0.05, 0.1) is 21.2 Å². The number of fused-ring (bicyclic) bond motifs is 1. The van der Waals surface area contributed by atoms with Crippen LogP contribution in [-0.4, -0.2) is 31.2 Å². The molecule has 32 heavy (non-hydrogen) atoms. The zero-order valence-electron chi connectivity index (χ0n) is 16.6. The van der Waals surface area contributed by atoms with Crippen molar-refractivity contribution in [3.8, 4) is 11.5 Å². The van der Waals surface area contributed by atoms with Gasteiger partial charge in [0.2, 0.25) is 6.79 Å². The average Bonchev–Trinajstić information content (AvgIpc) is 3.49. The first kappa shape index (κ1) is 21.7. The van der Waals surface area contributed by atoms with Gasteiger partial charge in [-0.25, -0.2) is 4.79 Å². The number of hydrogen-bond acceptors (Lipinski definition) is 7. The number of halogens is 1. The molecule has 1 aromatic heterocycles. The van der Waals surface area contributed by atoms with Gasteiger partial charge in [0.25, 0.3) is 11.8 Å². The van der Waals surface area contributed by atoms with Gasteiger partial charge in [-0.15, -0.1) is 11.3 Å². The number of esters is 1. The number of hydrogen-bond donors (Lipinski definition) is 2. The second kappa shape index (κ2) is 9.71. The lowest BCUT2D eigenvalue weighted by Crippen LogP contribution is -2.28. The number of carbonyl (C=O) groups excluding carboxylic acids is 3. The Labute approximate surface area is 192 Å². The molecule has 3 aromatic rings. The Balaban J connectivity index is 1.29. The highest BCUT2D eigenvalue weighted by molar-refractivity contribution is 7.12. The Morgan fingerprint density at radius 2 is 1.91 bits per heavy atom. The molecule has 164 valence electrons. The monoisotopic (exact) mass is 472 g/mol. The third-order valence-electron chi connectivity index (χ3n) is 4.46. The molecule has 2 heterocycles. The van der Waals surface area contributed by atoms with Crippen molar-refractivity contribution in [2.45, 2.75) is 6.54 Å². The topological polar surface area (TPSA) is 103 Å². The Hall–Kier alpha value is -3.56. The van der Waals surface area contributed by atoms with E-state index in [0.717, 1.165) is 5.56 Å². The van der Waals surface area contributed by atoms with E-state index in [2.05, 4.69) is 10.6 Å². The van der Waals surface area contributed by atoms with E-state index in [9.17, 15) is 14.4 Å². The maximum Gasteiger partial charge on any atom is 0.338 e. The minimum atomic E-state index is -0.716. The predicted molar refractivity (Wildman–Crippen MR) is 118 cm³/mol. The van der Waals surface area contributed by atoms with Crippen molar-refractivity contribution < 1.29 is 28.6 Å². The third kappa shape index (κ3) is 5.19. The lowest BCUT2D eigenvalue weighted by molar-refractivity contribution is -0.124. The van der Waals surface area contributed by atoms with Crippen LogP contribution in [-0.2, 0) is 16.1 Å². The molecule has 2 aromatic carbocycles. The summed E-state index contributed by atoms with van der Waals surface area (Å²) in [4.78, 5) is 37.1. The lowest BCUT2D eigenvalue weighted by Gasteiger charge is -2.10. The van der Waals surface area contributed by atoms with E-state index in [1.165, 1.54) is 29.5 Å². The normalized spacial score (nSPS) is 11.7. The Kier molecular flexibility index (Phi) is 6.58. The van der Waals surface area contributed by atoms with Crippen molar-refractivity contribution in [2.24, 2.45) is 0 Å². The Bertz CT molecular complexity index is 1170. The molecular weight excluding hydrogens is 456 g/mol. The van der Waals surface area contributed by atoms with Gasteiger partial charge >= 0.3 is 5.97 Å². The molecule has 1 aliphatic rings. The molecule has 10 heteroatoms. The van der Waals surface area contributed by atoms with Gasteiger partial charge in [0.15, 0.2) is 18.1 Å². The first-order valence-electron chi connectivity index (χ1n) is 9.46. The molecule has 0 aliphatic carbocycles. The highest BCUT2D eigenvalue weighted by atomic mass is 35.5. The molecule has 0 fully saturated rings. The molecule has 0 spiro atoms. The van der Waals surface area contributed by atoms with Crippen LogP contribution in [0.3, 0.4) is 0 Å². The van der Waals surface area contributed by atoms with E-state index in [-0.39, 0.29) is 35.5 Å². The lowest BCUT2D eigenvalue weighted by atomic mass is 10.2. The molecule has 1 aliphatic heterocycles. The van der Waals surface area contributed by atoms with Crippen LogP contribution in [0.2, 0.25) is 5.02 Å². The van der Waals surface area contributed by atoms with Crippen LogP contribution in [0, 0.1) is 0 Å². The third-order valence-corrected chi connectivity index (χ3v) is 5.65. The average molecular weight is 473 g/mol. The second-order valence-electron chi connectivity index (χ2n) is 6.67. The fraction of sp³-hybridized carbons (Fsp3) is 0.136. The van der Waals surface area contributed by atoms with E-state index in [0.29, 0.717) is 16.4 Å². The number of nitrogens with one attached hydrogen (secondary N) is 2. The minimum absolute atomic E-state index is 0.152. The molecule has 0 unspecified atom stereocenters. The van der Waals surface area contributed by atoms with Crippen LogP contribution in [0.25, 0.3) is 0 Å². The number of amides is 2. The zero-order chi connectivity index (χ0) is 22.5. The molecule has 0 radical (unpaired) electrons. The van der Waals surface area contributed by atoms with Crippen molar-refractivity contribution >= 4 is 46.4 Å². The summed E-state index contributed by atoms with van der Waals surface area (Å²) in [5.41, 5.74) is 1.24. The molecule has 8 nitrogen and oxygen atoms in total. The maximum absolute atomic E-state index is 12.3. The van der Waals surface area contributed by atoms with Gasteiger partial charge in [-0.3, -0.25) is 9.59 Å². The SMILES string of the molecule is O=C(COC(=O)c1ccc(Cl)c(NC(=O)c2cccs2)c1)NCc1ccc2c(c1)OCO2. The van der Waals surface area contributed by atoms with Crippen LogP contribution in [0.5, 0.6) is 11.5 Å². The highest BCUT2D eigenvalue weighted by Crippen LogP contribution is 2.32. The largest absolute Gasteiger partial charge is 0.454 e. The Morgan fingerprint density at radius 1 is 1.06 bits per heavy atom. The maximum atomic E-state index is 12.3. The standard InChI is InChI=1S/C22H17ClN2O6S/c23-15-5-4-14(9-16(15)25-21(27)19-2-1-7-32-19)22(28)29-11-20(26)24-10-13-3-6-17-18(8-13)31-12-30-17/h1-9H,10-12H2,(H,24,26)(H,25,27). The fourth-order valence-corrected chi connectivity index (χ4v) is 3.64. The summed E-state index contributed by atoms with van der Waals surface area (Å²) < 4.78 is 15.6. The van der Waals surface area contributed by atoms with E-state index in [1.54, 1.807) is 35.7 Å². The van der Waals surface area contributed by atoms with Crippen molar-refractivity contribution in [3.63, 3.8) is 0 Å². The molecule has 2 amide bonds. The summed E-state index contributed by atoms with van der Waals surface area (Å²) in [7, 11) is 0. The minimum Gasteiger partial charge on any atom is -0.454 e. The van der Waals surface area contributed by atoms with E-state index >= 15 is 0 Å². The summed E-state index contributed by atoms with van der Waals surface area (Å²) in [5, 5.41) is 7.38. The van der Waals surface area contributed by atoms with Crippen LogP contribution >= 0.6 is 22.9 Å². The molecule has 0 saturated heterocycles. The summed E-state index contributed by atoms with van der Waals surface area (Å²) in [5.74, 6) is -0.242. The smallest absolute Gasteiger partial charge is 0.338 e. The number of thiophene rings is 1. The zero-order valence-corrected chi connectivity index (χ0v) is 18.1. The Morgan fingerprint density at radius 3 is 2.72 bits per heavy atom. The van der Waals surface area contributed by atoms with Crippen LogP contribution in [0.1, 0.15) is 25.6 Å². The van der Waals surface area contributed by atoms with Gasteiger partial charge in [0.1, 0.15) is 0 Å². The summed E-state index contributed by atoms with van der Waals surface area (Å²) >= 11 is 7.41. The summed E-state index contributed by atoms with van der Waals surface area (Å²) in [6.45, 7) is -0.0407. The number of rotatable bonds is 7. The van der Waals surface area contributed by atoms with Gasteiger partial charge in [0, 0.05) is 6.54 Å². The number of benzene rings is 2. The van der Waals surface area contributed by atoms with Crippen molar-refractivity contribution in [1.82, 2.24) is 5.32 Å². The molecule has 4 rings (SSSR count). The predicted octanol–water partition coefficient (Wildman–Crippen LogP) is 3.86. The summed E-state index contributed by atoms with van der Waals surface area (Å²) in [6.07, 6.45) is 0. The molecule has 2 N–H and O–H groups in total. The van der Waals surface area contributed by atoms with Crippen molar-refractivity contribution in [2.75, 3.05) is 18.7 Å². The first-order chi connectivity index (χ1) is 15.5. The number of ether oxygens (including phenoxy) is 3. The number of anilines is 1. The first-order valence-corrected chi connectivity index (χ1v) is 10.7. The quantitative estimate of drug-likeness (QED) is 0.506. The molecular formula is C22H17ClN2O6S. The highest BCUT2D eigenvalue weighted by Gasteiger charge is 2.16.